The number of ether oxygens (including phenoxy) is 1. The smallest absolute Gasteiger partial charge is 0.282 e. The molecule has 1 heterocycles. The van der Waals surface area contributed by atoms with E-state index in [4.69, 9.17) is 4.74 Å². The third-order valence-corrected chi connectivity index (χ3v) is 4.99. The van der Waals surface area contributed by atoms with Crippen molar-refractivity contribution in [1.82, 2.24) is 9.78 Å². The molecule has 3 rings (SSSR count). The zero-order valence-corrected chi connectivity index (χ0v) is 17.8. The van der Waals surface area contributed by atoms with E-state index < -0.39 is 24.2 Å². The maximum absolute atomic E-state index is 13.3. The number of benzene rings is 2. The molecule has 2 aromatic carbocycles. The largest absolute Gasteiger partial charge is 0.496 e. The molecule has 31 heavy (non-hydrogen) atoms. The van der Waals surface area contributed by atoms with Gasteiger partial charge in [0.25, 0.3) is 12.9 Å². The number of ketones is 1. The molecule has 1 aromatic heterocycles. The number of allylic oxidation sites excluding steroid dienone is 1. The molecule has 0 amide bonds. The lowest BCUT2D eigenvalue weighted by Gasteiger charge is -2.12. The highest BCUT2D eigenvalue weighted by molar-refractivity contribution is 9.10. The van der Waals surface area contributed by atoms with Gasteiger partial charge in [-0.05, 0) is 54.1 Å². The molecule has 0 atom stereocenters. The molecule has 0 spiro atoms. The lowest BCUT2D eigenvalue weighted by Crippen LogP contribution is -2.08. The Hall–Kier alpha value is -2.94. The standard InChI is InChI=1S/C22H17BrF4N2O2/c1-31-20-9-3-13(2-8-19(30)14-4-6-16(23)7-5-14)10-15(20)12-29-18(22(26)27)11-17(28-29)21(24)25/h2-11,21-22H,12H2,1H3/b8-2+. The highest BCUT2D eigenvalue weighted by Gasteiger charge is 2.22. The normalized spacial score (nSPS) is 11.6. The quantitative estimate of drug-likeness (QED) is 0.204. The highest BCUT2D eigenvalue weighted by Crippen LogP contribution is 2.28. The second-order valence-electron chi connectivity index (χ2n) is 6.53. The van der Waals surface area contributed by atoms with Gasteiger partial charge in [0.1, 0.15) is 17.1 Å². The minimum Gasteiger partial charge on any atom is -0.496 e. The summed E-state index contributed by atoms with van der Waals surface area (Å²) in [6, 6.07) is 12.5. The first kappa shape index (κ1) is 22.7. The maximum Gasteiger partial charge on any atom is 0.282 e. The van der Waals surface area contributed by atoms with Gasteiger partial charge in [0.05, 0.1) is 13.7 Å². The van der Waals surface area contributed by atoms with Crippen molar-refractivity contribution >= 4 is 27.8 Å². The van der Waals surface area contributed by atoms with Crippen LogP contribution >= 0.6 is 15.9 Å². The Kier molecular flexibility index (Phi) is 7.27. The predicted molar refractivity (Wildman–Crippen MR) is 112 cm³/mol. The monoisotopic (exact) mass is 496 g/mol. The first-order valence-electron chi connectivity index (χ1n) is 9.07. The van der Waals surface area contributed by atoms with Gasteiger partial charge in [-0.2, -0.15) is 5.10 Å². The molecule has 0 aliphatic heterocycles. The van der Waals surface area contributed by atoms with Crippen LogP contribution in [0.25, 0.3) is 6.08 Å². The van der Waals surface area contributed by atoms with Crippen molar-refractivity contribution in [1.29, 1.82) is 0 Å². The number of hydrogen-bond acceptors (Lipinski definition) is 3. The lowest BCUT2D eigenvalue weighted by atomic mass is 10.1. The van der Waals surface area contributed by atoms with Crippen molar-refractivity contribution in [3.05, 3.63) is 87.2 Å². The van der Waals surface area contributed by atoms with E-state index >= 15 is 0 Å². The zero-order valence-electron chi connectivity index (χ0n) is 16.2. The van der Waals surface area contributed by atoms with E-state index in [2.05, 4.69) is 21.0 Å². The number of carbonyl (C=O) groups excluding carboxylic acids is 1. The molecule has 0 unspecified atom stereocenters. The van der Waals surface area contributed by atoms with Crippen LogP contribution in [0.5, 0.6) is 5.75 Å². The summed E-state index contributed by atoms with van der Waals surface area (Å²) in [5.41, 5.74) is 0.243. The Bertz CT molecular complexity index is 1100. The van der Waals surface area contributed by atoms with Gasteiger partial charge >= 0.3 is 0 Å². The van der Waals surface area contributed by atoms with E-state index in [0.29, 0.717) is 28.5 Å². The summed E-state index contributed by atoms with van der Waals surface area (Å²) in [6.45, 7) is -0.197. The van der Waals surface area contributed by atoms with E-state index in [0.717, 1.165) is 9.15 Å². The Balaban J connectivity index is 1.87. The molecule has 0 saturated heterocycles. The van der Waals surface area contributed by atoms with E-state index in [-0.39, 0.29) is 12.3 Å². The molecule has 0 bridgehead atoms. The molecule has 0 aliphatic rings. The SMILES string of the molecule is COc1ccc(/C=C/C(=O)c2ccc(Br)cc2)cc1Cn1nc(C(F)F)cc1C(F)F. The Labute approximate surface area is 184 Å². The second kappa shape index (κ2) is 9.91. The third kappa shape index (κ3) is 5.61. The summed E-state index contributed by atoms with van der Waals surface area (Å²) in [5, 5.41) is 3.61. The van der Waals surface area contributed by atoms with Crippen LogP contribution in [0.1, 0.15) is 45.7 Å². The van der Waals surface area contributed by atoms with Gasteiger partial charge in [0.2, 0.25) is 0 Å². The summed E-state index contributed by atoms with van der Waals surface area (Å²) in [6.07, 6.45) is -2.95. The summed E-state index contributed by atoms with van der Waals surface area (Å²) in [4.78, 5) is 12.3. The van der Waals surface area contributed by atoms with Crippen LogP contribution in [0.2, 0.25) is 0 Å². The van der Waals surface area contributed by atoms with Crippen molar-refractivity contribution in [3.8, 4) is 5.75 Å². The molecule has 162 valence electrons. The van der Waals surface area contributed by atoms with Gasteiger partial charge in [-0.1, -0.05) is 28.1 Å². The van der Waals surface area contributed by atoms with Crippen molar-refractivity contribution in [3.63, 3.8) is 0 Å². The number of aromatic nitrogens is 2. The fraction of sp³-hybridized carbons (Fsp3) is 0.182. The highest BCUT2D eigenvalue weighted by atomic mass is 79.9. The number of rotatable bonds is 8. The van der Waals surface area contributed by atoms with Crippen LogP contribution in [0, 0.1) is 0 Å². The van der Waals surface area contributed by atoms with Crippen LogP contribution in [-0.4, -0.2) is 22.7 Å². The van der Waals surface area contributed by atoms with Crippen LogP contribution in [0.4, 0.5) is 17.6 Å². The number of alkyl halides is 4. The Morgan fingerprint density at radius 1 is 1.10 bits per heavy atom. The molecule has 0 radical (unpaired) electrons. The number of hydrogen-bond donors (Lipinski definition) is 0. The van der Waals surface area contributed by atoms with Crippen LogP contribution < -0.4 is 4.74 Å². The minimum absolute atomic E-state index is 0.197. The summed E-state index contributed by atoms with van der Waals surface area (Å²) in [5.74, 6) is 0.171. The third-order valence-electron chi connectivity index (χ3n) is 4.46. The molecule has 0 aliphatic carbocycles. The molecule has 4 nitrogen and oxygen atoms in total. The van der Waals surface area contributed by atoms with E-state index in [9.17, 15) is 22.4 Å². The molecular weight excluding hydrogens is 480 g/mol. The first-order valence-corrected chi connectivity index (χ1v) is 9.86. The van der Waals surface area contributed by atoms with E-state index in [1.165, 1.54) is 13.2 Å². The van der Waals surface area contributed by atoms with Gasteiger partial charge in [-0.3, -0.25) is 9.48 Å². The summed E-state index contributed by atoms with van der Waals surface area (Å²) >= 11 is 3.31. The summed E-state index contributed by atoms with van der Waals surface area (Å²) in [7, 11) is 1.41. The summed E-state index contributed by atoms with van der Waals surface area (Å²) < 4.78 is 59.3. The van der Waals surface area contributed by atoms with Gasteiger partial charge in [-0.25, -0.2) is 17.6 Å². The topological polar surface area (TPSA) is 44.1 Å². The van der Waals surface area contributed by atoms with Crippen molar-refractivity contribution in [2.75, 3.05) is 7.11 Å². The van der Waals surface area contributed by atoms with Gasteiger partial charge in [0.15, 0.2) is 5.78 Å². The van der Waals surface area contributed by atoms with Gasteiger partial charge < -0.3 is 4.74 Å². The molecule has 0 fully saturated rings. The Morgan fingerprint density at radius 2 is 1.81 bits per heavy atom. The predicted octanol–water partition coefficient (Wildman–Crippen LogP) is 6.47. The van der Waals surface area contributed by atoms with Crippen molar-refractivity contribution in [2.45, 2.75) is 19.4 Å². The average Bonchev–Trinajstić information content (AvgIpc) is 3.17. The maximum atomic E-state index is 13.3. The van der Waals surface area contributed by atoms with Gasteiger partial charge in [-0.15, -0.1) is 0 Å². The second-order valence-corrected chi connectivity index (χ2v) is 7.44. The number of methoxy groups -OCH3 is 1. The van der Waals surface area contributed by atoms with Crippen molar-refractivity contribution < 1.29 is 27.1 Å². The van der Waals surface area contributed by atoms with E-state index in [1.54, 1.807) is 48.5 Å². The fourth-order valence-corrected chi connectivity index (χ4v) is 3.19. The molecule has 3 aromatic rings. The van der Waals surface area contributed by atoms with Gasteiger partial charge in [0, 0.05) is 15.6 Å². The average molecular weight is 497 g/mol. The molecule has 0 N–H and O–H groups in total. The first-order chi connectivity index (χ1) is 14.8. The zero-order chi connectivity index (χ0) is 22.5. The van der Waals surface area contributed by atoms with Crippen LogP contribution in [0.3, 0.4) is 0 Å². The number of halogens is 5. The molecule has 9 heteroatoms. The number of carbonyl (C=O) groups is 1. The Morgan fingerprint density at radius 3 is 2.42 bits per heavy atom. The molecular formula is C22H17BrF4N2O2. The fourth-order valence-electron chi connectivity index (χ4n) is 2.93. The molecule has 0 saturated carbocycles. The van der Waals surface area contributed by atoms with Crippen molar-refractivity contribution in [2.24, 2.45) is 0 Å². The van der Waals surface area contributed by atoms with E-state index in [1.807, 2.05) is 0 Å². The van der Waals surface area contributed by atoms with Crippen LogP contribution in [-0.2, 0) is 6.54 Å². The lowest BCUT2D eigenvalue weighted by molar-refractivity contribution is 0.104. The van der Waals surface area contributed by atoms with Crippen LogP contribution in [0.15, 0.2) is 59.1 Å². The minimum atomic E-state index is -2.96. The number of nitrogens with zero attached hydrogens (tertiary/aromatic N) is 2.